The summed E-state index contributed by atoms with van der Waals surface area (Å²) in [6.07, 6.45) is 3.51. The van der Waals surface area contributed by atoms with Gasteiger partial charge in [0.05, 0.1) is 6.04 Å². The van der Waals surface area contributed by atoms with Crippen LogP contribution in [0.25, 0.3) is 0 Å². The maximum Gasteiger partial charge on any atom is 0.0584 e. The number of nitrogens with one attached hydrogen (secondary N) is 1. The summed E-state index contributed by atoms with van der Waals surface area (Å²) >= 11 is 0. The predicted molar refractivity (Wildman–Crippen MR) is 85.0 cm³/mol. The molecule has 1 N–H and O–H groups in total. The van der Waals surface area contributed by atoms with Gasteiger partial charge in [-0.15, -0.1) is 0 Å². The highest BCUT2D eigenvalue weighted by molar-refractivity contribution is 5.48. The van der Waals surface area contributed by atoms with Crippen molar-refractivity contribution >= 4 is 0 Å². The molecule has 1 nitrogen and oxygen atoms in total. The summed E-state index contributed by atoms with van der Waals surface area (Å²) in [6.45, 7) is 4.55. The lowest BCUT2D eigenvalue weighted by Crippen LogP contribution is -2.33. The fraction of sp³-hybridized carbons (Fsp3) is 0.368. The molecular weight excluding hydrogens is 242 g/mol. The zero-order chi connectivity index (χ0) is 13.9. The van der Waals surface area contributed by atoms with Gasteiger partial charge in [0.1, 0.15) is 0 Å². The molecule has 0 heterocycles. The Hall–Kier alpha value is -1.60. The first-order chi connectivity index (χ1) is 9.79. The van der Waals surface area contributed by atoms with E-state index in [1.807, 2.05) is 0 Å². The van der Waals surface area contributed by atoms with Gasteiger partial charge in [-0.3, -0.25) is 0 Å². The van der Waals surface area contributed by atoms with Crippen molar-refractivity contribution in [1.82, 2.24) is 5.32 Å². The Morgan fingerprint density at radius 2 is 1.55 bits per heavy atom. The van der Waals surface area contributed by atoms with Crippen LogP contribution in [0.15, 0.2) is 48.5 Å². The van der Waals surface area contributed by atoms with Gasteiger partial charge in [0.25, 0.3) is 0 Å². The Kier molecular flexibility index (Phi) is 3.88. The van der Waals surface area contributed by atoms with E-state index >= 15 is 0 Å². The molecule has 0 bridgehead atoms. The smallest absolute Gasteiger partial charge is 0.0584 e. The van der Waals surface area contributed by atoms with Crippen LogP contribution in [0.4, 0.5) is 0 Å². The first-order valence-electron chi connectivity index (χ1n) is 7.71. The van der Waals surface area contributed by atoms with Gasteiger partial charge in [0.2, 0.25) is 0 Å². The van der Waals surface area contributed by atoms with E-state index in [1.54, 1.807) is 0 Å². The Morgan fingerprint density at radius 1 is 1.00 bits per heavy atom. The van der Waals surface area contributed by atoms with Crippen LogP contribution in [0, 0.1) is 0 Å². The van der Waals surface area contributed by atoms with Gasteiger partial charge in [0.15, 0.2) is 0 Å². The molecule has 2 aromatic carbocycles. The maximum absolute atomic E-state index is 3.83. The van der Waals surface area contributed by atoms with E-state index in [-0.39, 0.29) is 0 Å². The van der Waals surface area contributed by atoms with E-state index in [2.05, 4.69) is 67.7 Å². The van der Waals surface area contributed by atoms with Crippen LogP contribution in [0.2, 0.25) is 0 Å². The number of benzene rings is 2. The summed E-state index contributed by atoms with van der Waals surface area (Å²) in [5, 5.41) is 3.83. The zero-order valence-electron chi connectivity index (χ0n) is 12.4. The highest BCUT2D eigenvalue weighted by Crippen LogP contribution is 2.35. The fourth-order valence-electron chi connectivity index (χ4n) is 3.31. The topological polar surface area (TPSA) is 12.0 Å². The van der Waals surface area contributed by atoms with Crippen LogP contribution in [-0.2, 0) is 6.42 Å². The molecule has 0 saturated carbocycles. The highest BCUT2D eigenvalue weighted by atomic mass is 14.9. The molecule has 0 aliphatic heterocycles. The minimum Gasteiger partial charge on any atom is -0.304 e. The van der Waals surface area contributed by atoms with E-state index in [0.717, 1.165) is 6.42 Å². The Labute approximate surface area is 122 Å². The van der Waals surface area contributed by atoms with Gasteiger partial charge in [-0.2, -0.15) is 0 Å². The molecule has 3 rings (SSSR count). The summed E-state index contributed by atoms with van der Waals surface area (Å²) in [5.74, 6) is 0. The van der Waals surface area contributed by atoms with E-state index in [1.165, 1.54) is 35.1 Å². The van der Waals surface area contributed by atoms with Crippen molar-refractivity contribution in [3.8, 4) is 0 Å². The second kappa shape index (κ2) is 5.80. The molecule has 0 spiro atoms. The lowest BCUT2D eigenvalue weighted by atomic mass is 9.82. The van der Waals surface area contributed by atoms with Crippen molar-refractivity contribution in [2.24, 2.45) is 0 Å². The average Bonchev–Trinajstić information content (AvgIpc) is 2.47. The molecule has 1 heteroatoms. The van der Waals surface area contributed by atoms with Crippen LogP contribution in [0.3, 0.4) is 0 Å². The summed E-state index contributed by atoms with van der Waals surface area (Å²) in [4.78, 5) is 0. The Bertz CT molecular complexity index is 542. The molecule has 1 unspecified atom stereocenters. The van der Waals surface area contributed by atoms with E-state index in [0.29, 0.717) is 12.1 Å². The lowest BCUT2D eigenvalue weighted by molar-refractivity contribution is 0.462. The van der Waals surface area contributed by atoms with Gasteiger partial charge in [-0.25, -0.2) is 0 Å². The maximum atomic E-state index is 3.83. The third kappa shape index (κ3) is 2.51. The third-order valence-corrected chi connectivity index (χ3v) is 4.29. The largest absolute Gasteiger partial charge is 0.304 e. The average molecular weight is 265 g/mol. The van der Waals surface area contributed by atoms with Crippen LogP contribution in [-0.4, -0.2) is 6.04 Å². The monoisotopic (exact) mass is 265 g/mol. The van der Waals surface area contributed by atoms with Crippen molar-refractivity contribution < 1.29 is 0 Å². The fourth-order valence-corrected chi connectivity index (χ4v) is 3.31. The van der Waals surface area contributed by atoms with Gasteiger partial charge in [-0.05, 0) is 42.0 Å². The van der Waals surface area contributed by atoms with Crippen molar-refractivity contribution in [2.45, 2.75) is 45.2 Å². The zero-order valence-corrected chi connectivity index (χ0v) is 12.4. The third-order valence-electron chi connectivity index (χ3n) is 4.29. The number of rotatable bonds is 4. The van der Waals surface area contributed by atoms with Crippen molar-refractivity contribution in [3.05, 3.63) is 70.8 Å². The van der Waals surface area contributed by atoms with Crippen LogP contribution >= 0.6 is 0 Å². The van der Waals surface area contributed by atoms with Gasteiger partial charge in [-0.1, -0.05) is 61.9 Å². The second-order valence-electron chi connectivity index (χ2n) is 5.86. The Balaban J connectivity index is 1.99. The summed E-state index contributed by atoms with van der Waals surface area (Å²) in [7, 11) is 0. The first kappa shape index (κ1) is 13.4. The van der Waals surface area contributed by atoms with Gasteiger partial charge >= 0.3 is 0 Å². The molecule has 104 valence electrons. The predicted octanol–water partition coefficient (Wildman–Crippen LogP) is 4.46. The first-order valence-corrected chi connectivity index (χ1v) is 7.71. The highest BCUT2D eigenvalue weighted by Gasteiger charge is 2.25. The number of fused-ring (bicyclic) bond motifs is 2. The van der Waals surface area contributed by atoms with Crippen molar-refractivity contribution in [3.63, 3.8) is 0 Å². The Morgan fingerprint density at radius 3 is 2.10 bits per heavy atom. The van der Waals surface area contributed by atoms with Gasteiger partial charge in [0, 0.05) is 6.04 Å². The molecule has 1 aliphatic rings. The lowest BCUT2D eigenvalue weighted by Gasteiger charge is -2.31. The quantitative estimate of drug-likeness (QED) is 0.860. The molecule has 0 aromatic heterocycles. The van der Waals surface area contributed by atoms with Gasteiger partial charge < -0.3 is 5.32 Å². The van der Waals surface area contributed by atoms with Crippen LogP contribution < -0.4 is 5.32 Å². The number of hydrogen-bond acceptors (Lipinski definition) is 1. The normalized spacial score (nSPS) is 15.5. The molecule has 0 saturated heterocycles. The molecule has 0 fully saturated rings. The minimum atomic E-state index is 0.345. The number of hydrogen-bond donors (Lipinski definition) is 1. The summed E-state index contributed by atoms with van der Waals surface area (Å²) < 4.78 is 0. The van der Waals surface area contributed by atoms with E-state index < -0.39 is 0 Å². The standard InChI is InChI=1S/C19H23N/c1-3-8-14(2)20-19-17-11-6-4-9-15(17)13-16-10-5-7-12-18(16)19/h4-7,9-12,14,19-20H,3,8,13H2,1-2H3. The van der Waals surface area contributed by atoms with Crippen LogP contribution in [0.1, 0.15) is 55.0 Å². The molecule has 1 atom stereocenters. The van der Waals surface area contributed by atoms with Crippen molar-refractivity contribution in [2.75, 3.05) is 0 Å². The molecule has 0 amide bonds. The molecule has 2 aromatic rings. The molecule has 0 radical (unpaired) electrons. The summed E-state index contributed by atoms with van der Waals surface area (Å²) in [5.41, 5.74) is 5.84. The van der Waals surface area contributed by atoms with Crippen LogP contribution in [0.5, 0.6) is 0 Å². The molecule has 20 heavy (non-hydrogen) atoms. The van der Waals surface area contributed by atoms with E-state index in [4.69, 9.17) is 0 Å². The summed E-state index contributed by atoms with van der Waals surface area (Å²) in [6, 6.07) is 18.6. The molecule has 1 aliphatic carbocycles. The molecular formula is C19H23N. The minimum absolute atomic E-state index is 0.345. The van der Waals surface area contributed by atoms with Crippen molar-refractivity contribution in [1.29, 1.82) is 0 Å². The SMILES string of the molecule is CCCC(C)NC1c2ccccc2Cc2ccccc21. The second-order valence-corrected chi connectivity index (χ2v) is 5.86. The van der Waals surface area contributed by atoms with E-state index in [9.17, 15) is 0 Å².